The van der Waals surface area contributed by atoms with Gasteiger partial charge in [-0.1, -0.05) is 42.5 Å². The van der Waals surface area contributed by atoms with Gasteiger partial charge in [0.2, 0.25) is 11.8 Å². The molecule has 2 aromatic rings. The van der Waals surface area contributed by atoms with Crippen molar-refractivity contribution >= 4 is 17.8 Å². The Morgan fingerprint density at radius 1 is 1.18 bits per heavy atom. The number of nitrogens with two attached hydrogens (primary N) is 1. The third kappa shape index (κ3) is 6.38. The molecule has 4 N–H and O–H groups in total. The van der Waals surface area contributed by atoms with Gasteiger partial charge in [-0.3, -0.25) is 14.4 Å². The van der Waals surface area contributed by atoms with Crippen molar-refractivity contribution in [3.8, 4) is 0 Å². The molecule has 0 aliphatic carbocycles. The van der Waals surface area contributed by atoms with Gasteiger partial charge >= 0.3 is 5.97 Å². The smallest absolute Gasteiger partial charge is 0.310 e. The van der Waals surface area contributed by atoms with Crippen LogP contribution in [-0.4, -0.2) is 46.4 Å². The van der Waals surface area contributed by atoms with Gasteiger partial charge in [-0.15, -0.1) is 0 Å². The fourth-order valence-corrected chi connectivity index (χ4v) is 4.07. The molecule has 1 aliphatic rings. The van der Waals surface area contributed by atoms with Crippen LogP contribution in [0.25, 0.3) is 0 Å². The zero-order chi connectivity index (χ0) is 24.0. The highest BCUT2D eigenvalue weighted by Gasteiger charge is 2.34. The lowest BCUT2D eigenvalue weighted by Gasteiger charge is -2.25. The van der Waals surface area contributed by atoms with Crippen molar-refractivity contribution in [1.82, 2.24) is 10.2 Å². The molecule has 1 aliphatic heterocycles. The minimum atomic E-state index is -0.893. The summed E-state index contributed by atoms with van der Waals surface area (Å²) in [5, 5.41) is 12.0. The number of hydrogen-bond donors (Lipinski definition) is 3. The van der Waals surface area contributed by atoms with Crippen LogP contribution in [0.5, 0.6) is 0 Å². The molecule has 7 nitrogen and oxygen atoms in total. The van der Waals surface area contributed by atoms with Gasteiger partial charge in [0.25, 0.3) is 0 Å². The summed E-state index contributed by atoms with van der Waals surface area (Å²) in [6.07, 6.45) is 1.60. The highest BCUT2D eigenvalue weighted by molar-refractivity contribution is 5.88. The van der Waals surface area contributed by atoms with Crippen LogP contribution in [0.1, 0.15) is 48.8 Å². The van der Waals surface area contributed by atoms with Crippen LogP contribution < -0.4 is 11.1 Å². The van der Waals surface area contributed by atoms with Crippen LogP contribution in [0.4, 0.5) is 4.39 Å². The standard InChI is InChI=1S/C25H30FN3O4/c1-16(25(32)33)18-10-8-17(9-11-18)15-28-24(31)22-7-4-12-29(22)23(30)14-20(27)13-19-5-2-3-6-21(19)26/h2-3,5-6,8-11,16,20,22H,4,7,12-15,27H2,1H3,(H,28,31)(H,32,33)/t16?,20-,22+/m1/s1. The second-order valence-corrected chi connectivity index (χ2v) is 8.52. The molecule has 1 fully saturated rings. The summed E-state index contributed by atoms with van der Waals surface area (Å²) in [6.45, 7) is 2.39. The number of likely N-dealkylation sites (tertiary alicyclic amines) is 1. The molecule has 0 bridgehead atoms. The van der Waals surface area contributed by atoms with Crippen LogP contribution in [0.2, 0.25) is 0 Å². The number of halogens is 1. The molecule has 8 heteroatoms. The number of nitrogens with zero attached hydrogens (tertiary/aromatic N) is 1. The van der Waals surface area contributed by atoms with Gasteiger partial charge in [0.05, 0.1) is 5.92 Å². The number of carboxylic acids is 1. The van der Waals surface area contributed by atoms with Gasteiger partial charge in [-0.25, -0.2) is 4.39 Å². The highest BCUT2D eigenvalue weighted by atomic mass is 19.1. The van der Waals surface area contributed by atoms with E-state index in [1.54, 1.807) is 54.3 Å². The van der Waals surface area contributed by atoms with E-state index in [1.807, 2.05) is 0 Å². The van der Waals surface area contributed by atoms with E-state index in [0.29, 0.717) is 24.1 Å². The van der Waals surface area contributed by atoms with Gasteiger partial charge < -0.3 is 21.1 Å². The SMILES string of the molecule is CC(C(=O)O)c1ccc(CNC(=O)[C@@H]2CCCN2C(=O)C[C@H](N)Cc2ccccc2F)cc1. The first-order valence-electron chi connectivity index (χ1n) is 11.1. The zero-order valence-electron chi connectivity index (χ0n) is 18.7. The van der Waals surface area contributed by atoms with Crippen molar-refractivity contribution in [2.75, 3.05) is 6.54 Å². The van der Waals surface area contributed by atoms with Crippen molar-refractivity contribution in [2.24, 2.45) is 5.73 Å². The lowest BCUT2D eigenvalue weighted by Crippen LogP contribution is -2.47. The van der Waals surface area contributed by atoms with E-state index in [4.69, 9.17) is 10.8 Å². The molecule has 3 rings (SSSR count). The minimum absolute atomic E-state index is 0.0430. The number of carbonyl (C=O) groups is 3. The van der Waals surface area contributed by atoms with E-state index in [0.717, 1.165) is 12.0 Å². The highest BCUT2D eigenvalue weighted by Crippen LogP contribution is 2.20. The van der Waals surface area contributed by atoms with Crippen LogP contribution in [0.15, 0.2) is 48.5 Å². The average molecular weight is 456 g/mol. The largest absolute Gasteiger partial charge is 0.481 e. The number of aliphatic carboxylic acids is 1. The zero-order valence-corrected chi connectivity index (χ0v) is 18.7. The van der Waals surface area contributed by atoms with Crippen molar-refractivity contribution < 1.29 is 23.9 Å². The molecule has 3 atom stereocenters. The van der Waals surface area contributed by atoms with Crippen LogP contribution in [0.3, 0.4) is 0 Å². The second-order valence-electron chi connectivity index (χ2n) is 8.52. The second kappa shape index (κ2) is 11.0. The number of carboxylic acid groups (broad SMARTS) is 1. The normalized spacial score (nSPS) is 17.4. The summed E-state index contributed by atoms with van der Waals surface area (Å²) in [4.78, 5) is 38.2. The number of rotatable bonds is 9. The Balaban J connectivity index is 1.52. The van der Waals surface area contributed by atoms with Gasteiger partial charge in [-0.05, 0) is 48.9 Å². The summed E-state index contributed by atoms with van der Waals surface area (Å²) < 4.78 is 13.8. The molecule has 0 aromatic heterocycles. The molecule has 0 spiro atoms. The Bertz CT molecular complexity index is 995. The molecule has 1 saturated heterocycles. The summed E-state index contributed by atoms with van der Waals surface area (Å²) in [7, 11) is 0. The first kappa shape index (κ1) is 24.4. The Kier molecular flexibility index (Phi) is 8.16. The van der Waals surface area contributed by atoms with Crippen molar-refractivity contribution in [3.05, 3.63) is 71.0 Å². The molecule has 1 unspecified atom stereocenters. The van der Waals surface area contributed by atoms with Crippen molar-refractivity contribution in [3.63, 3.8) is 0 Å². The molecule has 2 aromatic carbocycles. The lowest BCUT2D eigenvalue weighted by atomic mass is 10.00. The predicted octanol–water partition coefficient (Wildman–Crippen LogP) is 2.58. The third-order valence-electron chi connectivity index (χ3n) is 6.07. The fourth-order valence-electron chi connectivity index (χ4n) is 4.07. The first-order chi connectivity index (χ1) is 15.8. The third-order valence-corrected chi connectivity index (χ3v) is 6.07. The number of amides is 2. The summed E-state index contributed by atoms with van der Waals surface area (Å²) in [5.74, 6) is -2.27. The minimum Gasteiger partial charge on any atom is -0.481 e. The van der Waals surface area contributed by atoms with Gasteiger partial charge in [0.15, 0.2) is 0 Å². The van der Waals surface area contributed by atoms with Crippen LogP contribution in [-0.2, 0) is 27.3 Å². The molecular formula is C25H30FN3O4. The molecule has 2 amide bonds. The molecule has 0 radical (unpaired) electrons. The summed E-state index contributed by atoms with van der Waals surface area (Å²) in [6, 6.07) is 12.3. The topological polar surface area (TPSA) is 113 Å². The maximum absolute atomic E-state index is 13.8. The number of carbonyl (C=O) groups excluding carboxylic acids is 2. The molecule has 176 valence electrons. The maximum Gasteiger partial charge on any atom is 0.310 e. The first-order valence-corrected chi connectivity index (χ1v) is 11.1. The monoisotopic (exact) mass is 455 g/mol. The van der Waals surface area contributed by atoms with Gasteiger partial charge in [0, 0.05) is 25.6 Å². The fraction of sp³-hybridized carbons (Fsp3) is 0.400. The summed E-state index contributed by atoms with van der Waals surface area (Å²) in [5.41, 5.74) is 8.10. The van der Waals surface area contributed by atoms with Crippen molar-refractivity contribution in [1.29, 1.82) is 0 Å². The number of nitrogens with one attached hydrogen (secondary N) is 1. The van der Waals surface area contributed by atoms with E-state index in [2.05, 4.69) is 5.32 Å². The number of hydrogen-bond acceptors (Lipinski definition) is 4. The van der Waals surface area contributed by atoms with E-state index in [-0.39, 0.29) is 37.0 Å². The molecular weight excluding hydrogens is 425 g/mol. The Labute approximate surface area is 192 Å². The Morgan fingerprint density at radius 2 is 1.88 bits per heavy atom. The summed E-state index contributed by atoms with van der Waals surface area (Å²) >= 11 is 0. The van der Waals surface area contributed by atoms with Crippen LogP contribution in [0, 0.1) is 5.82 Å². The molecule has 1 heterocycles. The average Bonchev–Trinajstić information content (AvgIpc) is 3.29. The van der Waals surface area contributed by atoms with E-state index in [1.165, 1.54) is 6.07 Å². The lowest BCUT2D eigenvalue weighted by molar-refractivity contribution is -0.138. The van der Waals surface area contributed by atoms with Crippen molar-refractivity contribution in [2.45, 2.75) is 57.2 Å². The van der Waals surface area contributed by atoms with E-state index >= 15 is 0 Å². The number of benzene rings is 2. The molecule has 33 heavy (non-hydrogen) atoms. The van der Waals surface area contributed by atoms with Gasteiger partial charge in [-0.2, -0.15) is 0 Å². The Morgan fingerprint density at radius 3 is 2.55 bits per heavy atom. The van der Waals surface area contributed by atoms with E-state index in [9.17, 15) is 18.8 Å². The molecule has 0 saturated carbocycles. The van der Waals surface area contributed by atoms with Gasteiger partial charge in [0.1, 0.15) is 11.9 Å². The van der Waals surface area contributed by atoms with Crippen LogP contribution >= 0.6 is 0 Å². The Hall–Kier alpha value is -3.26. The maximum atomic E-state index is 13.8. The predicted molar refractivity (Wildman–Crippen MR) is 122 cm³/mol. The quantitative estimate of drug-likeness (QED) is 0.538. The van der Waals surface area contributed by atoms with E-state index < -0.39 is 24.0 Å².